The van der Waals surface area contributed by atoms with Crippen molar-refractivity contribution in [3.63, 3.8) is 0 Å². The maximum Gasteiger partial charge on any atom is 0.338 e. The summed E-state index contributed by atoms with van der Waals surface area (Å²) in [6.45, 7) is 8.01. The molecule has 0 spiro atoms. The van der Waals surface area contributed by atoms with Gasteiger partial charge in [0.05, 0.1) is 28.8 Å². The minimum atomic E-state index is -0.809. The molecule has 4 aromatic rings. The molecule has 3 heterocycles. The van der Waals surface area contributed by atoms with Crippen molar-refractivity contribution in [1.82, 2.24) is 4.57 Å². The molecule has 47 heavy (non-hydrogen) atoms. The third-order valence-electron chi connectivity index (χ3n) is 8.25. The van der Waals surface area contributed by atoms with Crippen molar-refractivity contribution < 1.29 is 23.9 Å². The molecule has 1 saturated heterocycles. The number of carbonyl (C=O) groups excluding carboxylic acids is 4. The zero-order valence-electron chi connectivity index (χ0n) is 26.1. The van der Waals surface area contributed by atoms with Gasteiger partial charge in [0.15, 0.2) is 0 Å². The Morgan fingerprint density at radius 2 is 1.57 bits per heavy atom. The summed E-state index contributed by atoms with van der Waals surface area (Å²) in [5.74, 6) is -2.98. The van der Waals surface area contributed by atoms with E-state index in [9.17, 15) is 24.0 Å². The quantitative estimate of drug-likeness (QED) is 0.175. The molecule has 6 rings (SSSR count). The number of rotatable bonds is 7. The zero-order valence-corrected chi connectivity index (χ0v) is 28.5. The molecule has 242 valence electrons. The Morgan fingerprint density at radius 3 is 2.19 bits per heavy atom. The lowest BCUT2D eigenvalue weighted by Crippen LogP contribution is -2.33. The molecule has 9 nitrogen and oxygen atoms in total. The molecule has 3 unspecified atom stereocenters. The van der Waals surface area contributed by atoms with Gasteiger partial charge in [0.1, 0.15) is 11.8 Å². The van der Waals surface area contributed by atoms with Crippen LogP contribution in [0, 0.1) is 5.92 Å². The molecular weight excluding hydrogens is 658 g/mol. The average molecular weight is 690 g/mol. The van der Waals surface area contributed by atoms with Crippen molar-refractivity contribution in [2.75, 3.05) is 16.8 Å². The van der Waals surface area contributed by atoms with Crippen LogP contribution in [0.15, 0.2) is 82.6 Å². The smallest absolute Gasteiger partial charge is 0.338 e. The Kier molecular flexibility index (Phi) is 8.90. The Morgan fingerprint density at radius 1 is 0.915 bits per heavy atom. The number of hydrogen-bond acceptors (Lipinski definition) is 8. The van der Waals surface area contributed by atoms with Gasteiger partial charge in [0.2, 0.25) is 17.7 Å². The van der Waals surface area contributed by atoms with Gasteiger partial charge in [0, 0.05) is 21.5 Å². The number of imide groups is 1. The van der Waals surface area contributed by atoms with E-state index in [0.29, 0.717) is 31.9 Å². The predicted octanol–water partition coefficient (Wildman–Crippen LogP) is 6.47. The first-order chi connectivity index (χ1) is 22.4. The van der Waals surface area contributed by atoms with Crippen molar-refractivity contribution >= 4 is 69.8 Å². The van der Waals surface area contributed by atoms with Crippen LogP contribution in [-0.2, 0) is 31.1 Å². The van der Waals surface area contributed by atoms with Crippen LogP contribution in [0.1, 0.15) is 60.0 Å². The van der Waals surface area contributed by atoms with Crippen molar-refractivity contribution in [3.05, 3.63) is 109 Å². The summed E-state index contributed by atoms with van der Waals surface area (Å²) in [7, 11) is 0. The maximum atomic E-state index is 14.1. The van der Waals surface area contributed by atoms with Crippen molar-refractivity contribution in [3.8, 4) is 0 Å². The number of thioether (sulfide) groups is 1. The Bertz CT molecular complexity index is 1930. The lowest BCUT2D eigenvalue weighted by molar-refractivity contribution is -0.122. The van der Waals surface area contributed by atoms with E-state index in [2.05, 4.69) is 26.1 Å². The maximum absolute atomic E-state index is 14.1. The van der Waals surface area contributed by atoms with E-state index in [4.69, 9.17) is 16.3 Å². The van der Waals surface area contributed by atoms with E-state index >= 15 is 0 Å². The molecule has 0 aliphatic carbocycles. The third kappa shape index (κ3) is 6.27. The van der Waals surface area contributed by atoms with E-state index in [1.807, 2.05) is 24.3 Å². The summed E-state index contributed by atoms with van der Waals surface area (Å²) >= 11 is 8.24. The average Bonchev–Trinajstić information content (AvgIpc) is 3.47. The van der Waals surface area contributed by atoms with Gasteiger partial charge in [0.25, 0.3) is 0 Å². The fourth-order valence-corrected chi connectivity index (χ4v) is 8.80. The van der Waals surface area contributed by atoms with Gasteiger partial charge in [-0.15, -0.1) is 0 Å². The Labute approximate surface area is 284 Å². The minimum Gasteiger partial charge on any atom is -0.462 e. The largest absolute Gasteiger partial charge is 0.462 e. The van der Waals surface area contributed by atoms with Gasteiger partial charge in [-0.05, 0) is 72.0 Å². The Balaban J connectivity index is 1.35. The molecule has 1 aromatic heterocycles. The normalized spacial score (nSPS) is 18.9. The highest BCUT2D eigenvalue weighted by atomic mass is 35.5. The first kappa shape index (κ1) is 32.7. The SMILES string of the molecule is CCOC(=O)c1ccc(NC(=O)Cn2c3c(sc2=O)C(c2ccc(C(C)(C)C)cc2)C2C(=O)N(c4ccc(Cl)cc4)C(=O)C2S3)cc1. The van der Waals surface area contributed by atoms with Crippen molar-refractivity contribution in [2.24, 2.45) is 5.92 Å². The van der Waals surface area contributed by atoms with E-state index in [1.54, 1.807) is 55.5 Å². The molecule has 0 bridgehead atoms. The lowest BCUT2D eigenvalue weighted by Gasteiger charge is -2.31. The van der Waals surface area contributed by atoms with Gasteiger partial charge in [-0.3, -0.25) is 23.7 Å². The van der Waals surface area contributed by atoms with Gasteiger partial charge in [-0.25, -0.2) is 9.69 Å². The van der Waals surface area contributed by atoms with Crippen LogP contribution in [0.3, 0.4) is 0 Å². The number of nitrogens with one attached hydrogen (secondary N) is 1. The number of hydrogen-bond donors (Lipinski definition) is 1. The van der Waals surface area contributed by atoms with Crippen molar-refractivity contribution in [2.45, 2.75) is 55.8 Å². The number of aromatic nitrogens is 1. The molecule has 2 aliphatic rings. The van der Waals surface area contributed by atoms with Crippen molar-refractivity contribution in [1.29, 1.82) is 0 Å². The number of fused-ring (bicyclic) bond motifs is 2. The highest BCUT2D eigenvalue weighted by molar-refractivity contribution is 8.00. The standard InChI is InChI=1S/C35H32ClN3O6S2/c1-5-45-33(43)20-8-14-23(15-9-20)37-25(40)18-38-32-29(47-34(38)44)26(19-6-10-21(11-7-19)35(2,3)4)27-28(46-32)31(42)39(30(27)41)24-16-12-22(36)13-17-24/h6-17,26-28H,5,18H2,1-4H3,(H,37,40). The predicted molar refractivity (Wildman–Crippen MR) is 184 cm³/mol. The molecule has 0 radical (unpaired) electrons. The fourth-order valence-electron chi connectivity index (χ4n) is 5.90. The van der Waals surface area contributed by atoms with Gasteiger partial charge in [-0.1, -0.05) is 79.7 Å². The molecule has 12 heteroatoms. The molecule has 1 fully saturated rings. The van der Waals surface area contributed by atoms with E-state index < -0.39 is 29.0 Å². The van der Waals surface area contributed by atoms with E-state index in [0.717, 1.165) is 34.2 Å². The van der Waals surface area contributed by atoms with Gasteiger partial charge >= 0.3 is 10.8 Å². The summed E-state index contributed by atoms with van der Waals surface area (Å²) in [6, 6.07) is 20.8. The van der Waals surface area contributed by atoms with Crippen LogP contribution in [0.4, 0.5) is 11.4 Å². The minimum absolute atomic E-state index is 0.0974. The molecule has 0 saturated carbocycles. The number of amides is 3. The molecular formula is C35H32ClN3O6S2. The zero-order chi connectivity index (χ0) is 33.6. The van der Waals surface area contributed by atoms with E-state index in [1.165, 1.54) is 9.47 Å². The topological polar surface area (TPSA) is 115 Å². The Hall–Kier alpha value is -4.19. The second kappa shape index (κ2) is 12.8. The summed E-state index contributed by atoms with van der Waals surface area (Å²) < 4.78 is 6.39. The second-order valence-corrected chi connectivity index (χ2v) is 14.9. The van der Waals surface area contributed by atoms with Crippen LogP contribution in [0.25, 0.3) is 0 Å². The van der Waals surface area contributed by atoms with Gasteiger partial charge in [-0.2, -0.15) is 0 Å². The number of benzene rings is 3. The summed E-state index contributed by atoms with van der Waals surface area (Å²) in [5, 5.41) is 2.95. The first-order valence-electron chi connectivity index (χ1n) is 15.1. The van der Waals surface area contributed by atoms with E-state index in [-0.39, 0.29) is 35.3 Å². The van der Waals surface area contributed by atoms with Crippen LogP contribution >= 0.6 is 34.7 Å². The molecule has 2 aliphatic heterocycles. The monoisotopic (exact) mass is 689 g/mol. The number of thiazole rings is 1. The van der Waals surface area contributed by atoms with Crippen LogP contribution in [0.2, 0.25) is 5.02 Å². The third-order valence-corrected chi connectivity index (χ3v) is 11.1. The molecule has 1 N–H and O–H groups in total. The summed E-state index contributed by atoms with van der Waals surface area (Å²) in [4.78, 5) is 68.3. The van der Waals surface area contributed by atoms with Crippen LogP contribution in [0.5, 0.6) is 0 Å². The highest BCUT2D eigenvalue weighted by Crippen LogP contribution is 2.54. The van der Waals surface area contributed by atoms with Gasteiger partial charge < -0.3 is 10.1 Å². The first-order valence-corrected chi connectivity index (χ1v) is 17.2. The second-order valence-electron chi connectivity index (χ2n) is 12.4. The summed E-state index contributed by atoms with van der Waals surface area (Å²) in [5.41, 5.74) is 3.05. The van der Waals surface area contributed by atoms with Crippen LogP contribution < -0.4 is 15.1 Å². The molecule has 3 aromatic carbocycles. The summed E-state index contributed by atoms with van der Waals surface area (Å²) in [6.07, 6.45) is 0. The lowest BCUT2D eigenvalue weighted by atomic mass is 9.81. The highest BCUT2D eigenvalue weighted by Gasteiger charge is 2.56. The number of halogens is 1. The number of nitrogens with zero attached hydrogens (tertiary/aromatic N) is 2. The number of ether oxygens (including phenoxy) is 1. The number of carbonyl (C=O) groups is 4. The molecule has 3 amide bonds. The number of esters is 1. The fraction of sp³-hybridized carbons (Fsp3) is 0.286. The van der Waals surface area contributed by atoms with Crippen LogP contribution in [-0.4, -0.2) is 40.1 Å². The number of anilines is 2. The molecule has 3 atom stereocenters.